The molecule has 0 radical (unpaired) electrons. The second-order valence-electron chi connectivity index (χ2n) is 26.2. The summed E-state index contributed by atoms with van der Waals surface area (Å²) >= 11 is 0. The van der Waals surface area contributed by atoms with Crippen LogP contribution in [0, 0.1) is 0 Å². The molecule has 0 bridgehead atoms. The molecule has 4 rings (SSSR count). The number of carboxylic acids is 1. The highest BCUT2D eigenvalue weighted by Gasteiger charge is 2.35. The quantitative estimate of drug-likeness (QED) is 0.0158. The molecule has 0 aliphatic rings. The van der Waals surface area contributed by atoms with E-state index in [2.05, 4.69) is 83.9 Å². The Balaban J connectivity index is 0.000000655. The van der Waals surface area contributed by atoms with Gasteiger partial charge in [-0.1, -0.05) is 131 Å². The summed E-state index contributed by atoms with van der Waals surface area (Å²) in [6.45, 7) is 32.5. The Hall–Kier alpha value is -6.16. The zero-order valence-electron chi connectivity index (χ0n) is 60.3. The molecule has 94 heavy (non-hydrogen) atoms. The van der Waals surface area contributed by atoms with Gasteiger partial charge in [0.15, 0.2) is 0 Å². The molecule has 5 N–H and O–H groups in total. The van der Waals surface area contributed by atoms with Gasteiger partial charge < -0.3 is 49.5 Å². The summed E-state index contributed by atoms with van der Waals surface area (Å²) in [6.07, 6.45) is 35.6. The lowest BCUT2D eigenvalue weighted by atomic mass is 9.89. The van der Waals surface area contributed by atoms with Crippen LogP contribution in [0.2, 0.25) is 0 Å². The molecule has 0 aromatic heterocycles. The molecule has 0 aliphatic carbocycles. The summed E-state index contributed by atoms with van der Waals surface area (Å²) < 4.78 is 16.0. The van der Waals surface area contributed by atoms with Crippen molar-refractivity contribution in [2.75, 3.05) is 65.6 Å². The third-order valence-electron chi connectivity index (χ3n) is 17.4. The zero-order chi connectivity index (χ0) is 69.7. The average molecular weight is 1310 g/mol. The van der Waals surface area contributed by atoms with E-state index < -0.39 is 5.97 Å². The lowest BCUT2D eigenvalue weighted by Crippen LogP contribution is -2.55. The first kappa shape index (κ1) is 85.9. The highest BCUT2D eigenvalue weighted by molar-refractivity contribution is 5.90. The molecule has 0 spiro atoms. The Morgan fingerprint density at radius 3 is 0.755 bits per heavy atom. The van der Waals surface area contributed by atoms with E-state index in [9.17, 15) is 34.5 Å². The average Bonchev–Trinajstić information content (AvgIpc) is 0.834. The molecule has 532 valence electrons. The lowest BCUT2D eigenvalue weighted by molar-refractivity contribution is 0.00921. The summed E-state index contributed by atoms with van der Waals surface area (Å²) in [4.78, 5) is 54.0. The number of carbonyl (C=O) groups is 4. The van der Waals surface area contributed by atoms with E-state index in [4.69, 9.17) is 24.4 Å². The highest BCUT2D eigenvalue weighted by atomic mass is 16.5. The van der Waals surface area contributed by atoms with Crippen molar-refractivity contribution in [1.82, 2.24) is 14.7 Å². The minimum absolute atomic E-state index is 0.0741. The molecule has 0 amide bonds. The lowest BCUT2D eigenvalue weighted by Gasteiger charge is -2.48. The standard InChI is InChI=1S/C26H45NO3.C24H41NO3.C22H37NO3.C7H6O3/c1-3-5-7-9-12-20-27(21-13-10-8-6-4-2)22-14-11-15-23-30-26(29)24-16-18-25(28)19-17-24;1-3-5-7-10-18-25(19-11-8-6-4-2)20-12-9-13-21-28-24(27)22-14-16-23(26)17-15-22;1-7-21(3,4)23(22(5,6)8-2)16-10-9-11-17-26-20(25)18-12-14-19(24)15-13-18;8-6-3-1-5(2-4-6)7(9)10/h16-19,28H,3-15,20-23H2,1-2H3;14-17,26H,3-13,18-21H2,1-2H3;12-15,24H,7-11,16-17H2,1-6H3;1-4,8H,(H,9,10). The van der Waals surface area contributed by atoms with Gasteiger partial charge in [0.05, 0.1) is 42.1 Å². The monoisotopic (exact) mass is 1310 g/mol. The predicted octanol–water partition coefficient (Wildman–Crippen LogP) is 19.6. The second-order valence-corrected chi connectivity index (χ2v) is 26.2. The second kappa shape index (κ2) is 54.0. The normalized spacial score (nSPS) is 11.3. The Morgan fingerprint density at radius 1 is 0.309 bits per heavy atom. The number of hydrogen-bond donors (Lipinski definition) is 5. The van der Waals surface area contributed by atoms with Gasteiger partial charge in [-0.3, -0.25) is 4.90 Å². The number of benzene rings is 4. The van der Waals surface area contributed by atoms with E-state index in [1.54, 1.807) is 36.4 Å². The van der Waals surface area contributed by atoms with Crippen molar-refractivity contribution in [3.8, 4) is 23.0 Å². The van der Waals surface area contributed by atoms with E-state index >= 15 is 0 Å². The molecule has 0 atom stereocenters. The number of carboxylic acid groups (broad SMARTS) is 1. The van der Waals surface area contributed by atoms with Gasteiger partial charge in [-0.25, -0.2) is 19.2 Å². The van der Waals surface area contributed by atoms with Crippen LogP contribution in [0.3, 0.4) is 0 Å². The summed E-state index contributed by atoms with van der Waals surface area (Å²) in [5, 5.41) is 44.9. The fourth-order valence-electron chi connectivity index (χ4n) is 10.8. The van der Waals surface area contributed by atoms with Crippen LogP contribution in [0.5, 0.6) is 23.0 Å². The SMILES string of the molecule is CCC(C)(C)N(CCCCCOC(=O)c1ccc(O)cc1)C(C)(C)CC.CCCCCCCN(CCCCCCC)CCCCCOC(=O)c1ccc(O)cc1.CCCCCCN(CCCCCC)CCCCCOC(=O)c1ccc(O)cc1.O=C(O)c1ccc(O)cc1. The Labute approximate surface area is 569 Å². The van der Waals surface area contributed by atoms with E-state index in [-0.39, 0.29) is 57.5 Å². The van der Waals surface area contributed by atoms with Crippen LogP contribution < -0.4 is 0 Å². The number of nitrogens with zero attached hydrogens (tertiary/aromatic N) is 3. The molecule has 0 heterocycles. The summed E-state index contributed by atoms with van der Waals surface area (Å²) in [6, 6.07) is 23.9. The minimum Gasteiger partial charge on any atom is -0.508 e. The van der Waals surface area contributed by atoms with Gasteiger partial charge in [0.2, 0.25) is 0 Å². The molecular weight excluding hydrogens is 1180 g/mol. The van der Waals surface area contributed by atoms with Gasteiger partial charge >= 0.3 is 23.9 Å². The third kappa shape index (κ3) is 42.3. The number of ether oxygens (including phenoxy) is 3. The van der Waals surface area contributed by atoms with Crippen LogP contribution >= 0.6 is 0 Å². The number of hydrogen-bond acceptors (Lipinski definition) is 14. The number of aromatic hydroxyl groups is 4. The van der Waals surface area contributed by atoms with Crippen LogP contribution in [0.25, 0.3) is 0 Å². The van der Waals surface area contributed by atoms with Gasteiger partial charge in [0, 0.05) is 11.1 Å². The summed E-state index contributed by atoms with van der Waals surface area (Å²) in [5.41, 5.74) is 2.00. The Bertz CT molecular complexity index is 2460. The largest absolute Gasteiger partial charge is 0.508 e. The molecule has 0 saturated carbocycles. The van der Waals surface area contributed by atoms with Crippen LogP contribution in [0.15, 0.2) is 97.1 Å². The fraction of sp³-hybridized carbons (Fsp3) is 0.646. The molecule has 0 unspecified atom stereocenters. The van der Waals surface area contributed by atoms with E-state index in [1.165, 1.54) is 209 Å². The molecule has 0 aliphatic heterocycles. The molecule has 0 saturated heterocycles. The van der Waals surface area contributed by atoms with E-state index in [0.29, 0.717) is 36.5 Å². The number of unbranched alkanes of at least 4 members (excludes halogenated alkanes) is 20. The molecule has 4 aromatic carbocycles. The first-order valence-electron chi connectivity index (χ1n) is 36.3. The first-order valence-corrected chi connectivity index (χ1v) is 36.3. The van der Waals surface area contributed by atoms with E-state index in [1.807, 2.05) is 0 Å². The molecule has 4 aromatic rings. The number of phenols is 4. The first-order chi connectivity index (χ1) is 45.2. The topological polar surface area (TPSA) is 207 Å². The molecule has 15 heteroatoms. The third-order valence-corrected chi connectivity index (χ3v) is 17.4. The molecule has 15 nitrogen and oxygen atoms in total. The number of esters is 3. The van der Waals surface area contributed by atoms with Crippen molar-refractivity contribution in [2.45, 2.75) is 267 Å². The summed E-state index contributed by atoms with van der Waals surface area (Å²) in [5.74, 6) is -1.39. The predicted molar refractivity (Wildman–Crippen MR) is 386 cm³/mol. The van der Waals surface area contributed by atoms with Crippen molar-refractivity contribution in [2.24, 2.45) is 0 Å². The number of rotatable bonds is 48. The Morgan fingerprint density at radius 2 is 0.521 bits per heavy atom. The van der Waals surface area contributed by atoms with Crippen molar-refractivity contribution < 1.29 is 58.9 Å². The maximum atomic E-state index is 12.0. The van der Waals surface area contributed by atoms with Crippen molar-refractivity contribution in [1.29, 1.82) is 0 Å². The van der Waals surface area contributed by atoms with Gasteiger partial charge in [0.25, 0.3) is 0 Å². The fourth-order valence-corrected chi connectivity index (χ4v) is 10.8. The van der Waals surface area contributed by atoms with Gasteiger partial charge in [0.1, 0.15) is 23.0 Å². The van der Waals surface area contributed by atoms with Crippen molar-refractivity contribution in [3.05, 3.63) is 119 Å². The van der Waals surface area contributed by atoms with Crippen LogP contribution in [0.1, 0.15) is 297 Å². The van der Waals surface area contributed by atoms with E-state index in [0.717, 1.165) is 83.8 Å². The van der Waals surface area contributed by atoms with Gasteiger partial charge in [-0.2, -0.15) is 0 Å². The van der Waals surface area contributed by atoms with Crippen LogP contribution in [0.4, 0.5) is 0 Å². The number of aromatic carboxylic acids is 1. The highest BCUT2D eigenvalue weighted by Crippen LogP contribution is 2.31. The number of carbonyl (C=O) groups excluding carboxylic acids is 3. The Kier molecular flexibility index (Phi) is 49.3. The molecule has 0 fully saturated rings. The minimum atomic E-state index is -0.986. The van der Waals surface area contributed by atoms with Gasteiger partial charge in [-0.15, -0.1) is 0 Å². The molecular formula is C79H129N3O12. The van der Waals surface area contributed by atoms with Crippen molar-refractivity contribution in [3.63, 3.8) is 0 Å². The summed E-state index contributed by atoms with van der Waals surface area (Å²) in [7, 11) is 0. The maximum Gasteiger partial charge on any atom is 0.338 e. The van der Waals surface area contributed by atoms with Gasteiger partial charge in [-0.05, 0) is 267 Å². The van der Waals surface area contributed by atoms with Crippen LogP contribution in [-0.2, 0) is 14.2 Å². The number of phenolic OH excluding ortho intramolecular Hbond substituents is 4. The zero-order valence-corrected chi connectivity index (χ0v) is 60.3. The maximum absolute atomic E-state index is 12.0. The van der Waals surface area contributed by atoms with Crippen LogP contribution in [-0.4, -0.2) is 141 Å². The van der Waals surface area contributed by atoms with Crippen molar-refractivity contribution >= 4 is 23.9 Å². The smallest absolute Gasteiger partial charge is 0.338 e.